The Balaban J connectivity index is 0.00000109. The van der Waals surface area contributed by atoms with Crippen LogP contribution in [0.1, 0.15) is 25.0 Å². The van der Waals surface area contributed by atoms with Gasteiger partial charge in [0.1, 0.15) is 24.7 Å². The van der Waals surface area contributed by atoms with Crippen molar-refractivity contribution in [2.45, 2.75) is 27.1 Å². The van der Waals surface area contributed by atoms with E-state index in [1.165, 1.54) is 0 Å². The summed E-state index contributed by atoms with van der Waals surface area (Å²) in [4.78, 5) is 4.08. The van der Waals surface area contributed by atoms with E-state index >= 15 is 0 Å². The SMILES string of the molecule is Brc1ccc(OCc2ccccc2)cc1OCc1cccnc1.CC. The van der Waals surface area contributed by atoms with Crippen molar-refractivity contribution in [3.63, 3.8) is 0 Å². The zero-order valence-corrected chi connectivity index (χ0v) is 16.1. The Morgan fingerprint density at radius 2 is 1.56 bits per heavy atom. The quantitative estimate of drug-likeness (QED) is 0.506. The van der Waals surface area contributed by atoms with Gasteiger partial charge in [0, 0.05) is 24.0 Å². The van der Waals surface area contributed by atoms with E-state index < -0.39 is 0 Å². The van der Waals surface area contributed by atoms with Crippen LogP contribution in [0.2, 0.25) is 0 Å². The first-order chi connectivity index (χ1) is 12.3. The molecule has 0 unspecified atom stereocenters. The fourth-order valence-electron chi connectivity index (χ4n) is 2.07. The molecular formula is C21H22BrNO2. The Kier molecular flexibility index (Phi) is 7.99. The molecule has 0 radical (unpaired) electrons. The first-order valence-corrected chi connectivity index (χ1v) is 9.08. The Morgan fingerprint density at radius 1 is 0.840 bits per heavy atom. The molecule has 1 heterocycles. The van der Waals surface area contributed by atoms with Crippen LogP contribution in [0, 0.1) is 0 Å². The largest absolute Gasteiger partial charge is 0.489 e. The second kappa shape index (κ2) is 10.5. The monoisotopic (exact) mass is 399 g/mol. The molecule has 25 heavy (non-hydrogen) atoms. The summed E-state index contributed by atoms with van der Waals surface area (Å²) < 4.78 is 12.6. The lowest BCUT2D eigenvalue weighted by Gasteiger charge is -2.11. The number of ether oxygens (including phenoxy) is 2. The summed E-state index contributed by atoms with van der Waals surface area (Å²) in [5, 5.41) is 0. The van der Waals surface area contributed by atoms with Gasteiger partial charge >= 0.3 is 0 Å². The van der Waals surface area contributed by atoms with Crippen molar-refractivity contribution in [1.82, 2.24) is 4.98 Å². The standard InChI is InChI=1S/C19H16BrNO2.C2H6/c20-18-9-8-17(22-13-15-5-2-1-3-6-15)11-19(18)23-14-16-7-4-10-21-12-16;1-2/h1-12H,13-14H2;1-2H3. The highest BCUT2D eigenvalue weighted by Gasteiger charge is 2.05. The fraction of sp³-hybridized carbons (Fsp3) is 0.190. The zero-order chi connectivity index (χ0) is 17.9. The van der Waals surface area contributed by atoms with Crippen LogP contribution >= 0.6 is 15.9 Å². The number of benzene rings is 2. The molecule has 0 aliphatic carbocycles. The molecule has 130 valence electrons. The van der Waals surface area contributed by atoms with Crippen LogP contribution in [-0.2, 0) is 13.2 Å². The molecule has 0 saturated heterocycles. The van der Waals surface area contributed by atoms with Crippen LogP contribution in [0.4, 0.5) is 0 Å². The van der Waals surface area contributed by atoms with Crippen molar-refractivity contribution in [2.75, 3.05) is 0 Å². The van der Waals surface area contributed by atoms with Crippen molar-refractivity contribution < 1.29 is 9.47 Å². The van der Waals surface area contributed by atoms with Gasteiger partial charge in [0.2, 0.25) is 0 Å². The zero-order valence-electron chi connectivity index (χ0n) is 14.5. The van der Waals surface area contributed by atoms with Gasteiger partial charge in [0.05, 0.1) is 4.47 Å². The number of nitrogens with zero attached hydrogens (tertiary/aromatic N) is 1. The highest BCUT2D eigenvalue weighted by atomic mass is 79.9. The molecular weight excluding hydrogens is 378 g/mol. The summed E-state index contributed by atoms with van der Waals surface area (Å²) in [5.74, 6) is 1.53. The molecule has 0 N–H and O–H groups in total. The smallest absolute Gasteiger partial charge is 0.137 e. The van der Waals surface area contributed by atoms with E-state index in [0.717, 1.165) is 27.1 Å². The first kappa shape index (κ1) is 19.0. The van der Waals surface area contributed by atoms with Gasteiger partial charge in [-0.05, 0) is 39.7 Å². The summed E-state index contributed by atoms with van der Waals surface area (Å²) >= 11 is 3.50. The van der Waals surface area contributed by atoms with Crippen molar-refractivity contribution in [3.05, 3.63) is 88.7 Å². The second-order valence-corrected chi connectivity index (χ2v) is 5.87. The molecule has 3 nitrogen and oxygen atoms in total. The maximum atomic E-state index is 5.85. The lowest BCUT2D eigenvalue weighted by Crippen LogP contribution is -1.98. The van der Waals surface area contributed by atoms with Crippen LogP contribution in [0.15, 0.2) is 77.5 Å². The molecule has 3 aromatic rings. The van der Waals surface area contributed by atoms with Crippen LogP contribution in [0.3, 0.4) is 0 Å². The number of hydrogen-bond donors (Lipinski definition) is 0. The molecule has 0 atom stereocenters. The van der Waals surface area contributed by atoms with Gasteiger partial charge in [-0.25, -0.2) is 0 Å². The third-order valence-corrected chi connectivity index (χ3v) is 3.92. The maximum Gasteiger partial charge on any atom is 0.137 e. The van der Waals surface area contributed by atoms with Gasteiger partial charge in [-0.3, -0.25) is 4.98 Å². The Bertz CT molecular complexity index is 748. The van der Waals surface area contributed by atoms with Gasteiger partial charge in [-0.2, -0.15) is 0 Å². The van der Waals surface area contributed by atoms with Gasteiger partial charge in [0.15, 0.2) is 0 Å². The average molecular weight is 400 g/mol. The van der Waals surface area contributed by atoms with E-state index in [1.807, 2.05) is 74.5 Å². The third kappa shape index (κ3) is 6.24. The van der Waals surface area contributed by atoms with Crippen molar-refractivity contribution >= 4 is 15.9 Å². The minimum absolute atomic E-state index is 0.467. The summed E-state index contributed by atoms with van der Waals surface area (Å²) in [6, 6.07) is 19.7. The van der Waals surface area contributed by atoms with Gasteiger partial charge in [0.25, 0.3) is 0 Å². The summed E-state index contributed by atoms with van der Waals surface area (Å²) in [6.07, 6.45) is 3.54. The number of aromatic nitrogens is 1. The molecule has 0 fully saturated rings. The maximum absolute atomic E-state index is 5.85. The van der Waals surface area contributed by atoms with Crippen molar-refractivity contribution in [2.24, 2.45) is 0 Å². The van der Waals surface area contributed by atoms with E-state index in [0.29, 0.717) is 13.2 Å². The summed E-state index contributed by atoms with van der Waals surface area (Å²) in [6.45, 7) is 5.00. The second-order valence-electron chi connectivity index (χ2n) is 5.02. The van der Waals surface area contributed by atoms with E-state index in [9.17, 15) is 0 Å². The Hall–Kier alpha value is -2.33. The molecule has 1 aromatic heterocycles. The minimum Gasteiger partial charge on any atom is -0.489 e. The molecule has 3 rings (SSSR count). The molecule has 0 aliphatic rings. The topological polar surface area (TPSA) is 31.4 Å². The van der Waals surface area contributed by atoms with E-state index in [1.54, 1.807) is 12.4 Å². The van der Waals surface area contributed by atoms with E-state index in [4.69, 9.17) is 9.47 Å². The Labute approximate surface area is 157 Å². The van der Waals surface area contributed by atoms with E-state index in [2.05, 4.69) is 20.9 Å². The average Bonchev–Trinajstić information content (AvgIpc) is 2.69. The van der Waals surface area contributed by atoms with Gasteiger partial charge < -0.3 is 9.47 Å². The lowest BCUT2D eigenvalue weighted by atomic mass is 10.2. The highest BCUT2D eigenvalue weighted by Crippen LogP contribution is 2.30. The minimum atomic E-state index is 0.467. The normalized spacial score (nSPS) is 9.72. The summed E-state index contributed by atoms with van der Waals surface area (Å²) in [5.41, 5.74) is 2.16. The molecule has 0 saturated carbocycles. The predicted octanol–water partition coefficient (Wildman–Crippen LogP) is 6.03. The summed E-state index contributed by atoms with van der Waals surface area (Å²) in [7, 11) is 0. The Morgan fingerprint density at radius 3 is 2.28 bits per heavy atom. The van der Waals surface area contributed by atoms with Gasteiger partial charge in [-0.1, -0.05) is 50.2 Å². The number of hydrogen-bond acceptors (Lipinski definition) is 3. The molecule has 4 heteroatoms. The lowest BCUT2D eigenvalue weighted by molar-refractivity contribution is 0.288. The van der Waals surface area contributed by atoms with Crippen molar-refractivity contribution in [3.8, 4) is 11.5 Å². The molecule has 2 aromatic carbocycles. The van der Waals surface area contributed by atoms with Crippen LogP contribution in [0.5, 0.6) is 11.5 Å². The fourth-order valence-corrected chi connectivity index (χ4v) is 2.43. The number of halogens is 1. The number of rotatable bonds is 6. The molecule has 0 spiro atoms. The van der Waals surface area contributed by atoms with Gasteiger partial charge in [-0.15, -0.1) is 0 Å². The van der Waals surface area contributed by atoms with Crippen LogP contribution in [-0.4, -0.2) is 4.98 Å². The first-order valence-electron chi connectivity index (χ1n) is 8.29. The third-order valence-electron chi connectivity index (χ3n) is 3.27. The van der Waals surface area contributed by atoms with Crippen molar-refractivity contribution in [1.29, 1.82) is 0 Å². The predicted molar refractivity (Wildman–Crippen MR) is 105 cm³/mol. The number of pyridine rings is 1. The molecule has 0 amide bonds. The van der Waals surface area contributed by atoms with Crippen LogP contribution < -0.4 is 9.47 Å². The molecule has 0 bridgehead atoms. The highest BCUT2D eigenvalue weighted by molar-refractivity contribution is 9.10. The molecule has 0 aliphatic heterocycles. The van der Waals surface area contributed by atoms with E-state index in [-0.39, 0.29) is 0 Å². The van der Waals surface area contributed by atoms with Crippen LogP contribution in [0.25, 0.3) is 0 Å².